The van der Waals surface area contributed by atoms with Crippen LogP contribution in [-0.4, -0.2) is 45.7 Å². The number of para-hydroxylation sites is 1. The number of anilines is 1. The first-order valence-corrected chi connectivity index (χ1v) is 10.8. The van der Waals surface area contributed by atoms with Crippen molar-refractivity contribution < 1.29 is 9.18 Å². The third-order valence-corrected chi connectivity index (χ3v) is 6.23. The summed E-state index contributed by atoms with van der Waals surface area (Å²) in [5, 5.41) is 6.48. The molecule has 0 unspecified atom stereocenters. The van der Waals surface area contributed by atoms with Crippen molar-refractivity contribution >= 4 is 22.9 Å². The summed E-state index contributed by atoms with van der Waals surface area (Å²) < 4.78 is 15.0. The quantitative estimate of drug-likeness (QED) is 0.485. The number of carbonyl (C=O) groups excluding carboxylic acids is 1. The predicted molar refractivity (Wildman–Crippen MR) is 119 cm³/mol. The molecule has 156 valence electrons. The molecule has 0 atom stereocenters. The molecule has 2 aromatic heterocycles. The predicted octanol–water partition coefficient (Wildman–Crippen LogP) is 4.23. The second-order valence-corrected chi connectivity index (χ2v) is 8.35. The molecular weight excluding hydrogens is 413 g/mol. The Hall–Kier alpha value is -3.52. The van der Waals surface area contributed by atoms with E-state index < -0.39 is 0 Å². The van der Waals surface area contributed by atoms with E-state index in [9.17, 15) is 9.18 Å². The van der Waals surface area contributed by atoms with E-state index in [4.69, 9.17) is 0 Å². The van der Waals surface area contributed by atoms with Gasteiger partial charge in [-0.3, -0.25) is 4.79 Å². The van der Waals surface area contributed by atoms with E-state index in [1.807, 2.05) is 42.8 Å². The van der Waals surface area contributed by atoms with Gasteiger partial charge in [-0.1, -0.05) is 24.3 Å². The van der Waals surface area contributed by atoms with Gasteiger partial charge < -0.3 is 9.80 Å². The van der Waals surface area contributed by atoms with Crippen LogP contribution < -0.4 is 4.90 Å². The number of thiophene rings is 1. The van der Waals surface area contributed by atoms with Gasteiger partial charge in [-0.2, -0.15) is 0 Å². The molecule has 0 N–H and O–H groups in total. The number of rotatable bonds is 3. The molecule has 0 spiro atoms. The lowest BCUT2D eigenvalue weighted by Crippen LogP contribution is -2.35. The Morgan fingerprint density at radius 1 is 1.03 bits per heavy atom. The number of amides is 1. The normalized spacial score (nSPS) is 13.7. The molecule has 0 saturated heterocycles. The SMILES string of the molecule is CN1CCN(C(=O)c2nc(-c3cccs3)n(-c3ccc(F)cc3)n2)Cc2ccccc21. The molecule has 0 bridgehead atoms. The van der Waals surface area contributed by atoms with Crippen molar-refractivity contribution in [2.75, 3.05) is 25.0 Å². The van der Waals surface area contributed by atoms with Crippen LogP contribution in [0, 0.1) is 5.82 Å². The van der Waals surface area contributed by atoms with E-state index in [1.54, 1.807) is 21.7 Å². The molecule has 5 rings (SSSR count). The molecular formula is C23H20FN5OS. The van der Waals surface area contributed by atoms with Gasteiger partial charge in [0, 0.05) is 32.4 Å². The maximum Gasteiger partial charge on any atom is 0.293 e. The zero-order valence-corrected chi connectivity index (χ0v) is 17.7. The molecule has 1 aliphatic heterocycles. The van der Waals surface area contributed by atoms with Crippen LogP contribution in [0.25, 0.3) is 16.4 Å². The fraction of sp³-hybridized carbons (Fsp3) is 0.174. The fourth-order valence-electron chi connectivity index (χ4n) is 3.74. The lowest BCUT2D eigenvalue weighted by Gasteiger charge is -2.19. The maximum absolute atomic E-state index is 13.4. The highest BCUT2D eigenvalue weighted by Crippen LogP contribution is 2.27. The molecule has 2 aromatic carbocycles. The summed E-state index contributed by atoms with van der Waals surface area (Å²) in [6.07, 6.45) is 0. The summed E-state index contributed by atoms with van der Waals surface area (Å²) >= 11 is 1.51. The van der Waals surface area contributed by atoms with Crippen molar-refractivity contribution in [3.63, 3.8) is 0 Å². The van der Waals surface area contributed by atoms with E-state index in [0.717, 1.165) is 22.7 Å². The number of hydrogen-bond acceptors (Lipinski definition) is 5. The summed E-state index contributed by atoms with van der Waals surface area (Å²) in [5.74, 6) is 0.154. The van der Waals surface area contributed by atoms with Gasteiger partial charge >= 0.3 is 0 Å². The molecule has 6 nitrogen and oxygen atoms in total. The highest BCUT2D eigenvalue weighted by molar-refractivity contribution is 7.13. The van der Waals surface area contributed by atoms with Crippen LogP contribution in [-0.2, 0) is 6.54 Å². The molecule has 0 radical (unpaired) electrons. The highest BCUT2D eigenvalue weighted by atomic mass is 32.1. The number of carbonyl (C=O) groups is 1. The van der Waals surface area contributed by atoms with Crippen LogP contribution in [0.3, 0.4) is 0 Å². The summed E-state index contributed by atoms with van der Waals surface area (Å²) in [7, 11) is 2.03. The van der Waals surface area contributed by atoms with Crippen LogP contribution in [0.5, 0.6) is 0 Å². The Labute approximate surface area is 183 Å². The van der Waals surface area contributed by atoms with Crippen LogP contribution in [0.15, 0.2) is 66.0 Å². The number of halogens is 1. The number of likely N-dealkylation sites (N-methyl/N-ethyl adjacent to an activating group) is 1. The molecule has 8 heteroatoms. The van der Waals surface area contributed by atoms with Crippen LogP contribution >= 0.6 is 11.3 Å². The van der Waals surface area contributed by atoms with Gasteiger partial charge in [0.05, 0.1) is 10.6 Å². The second-order valence-electron chi connectivity index (χ2n) is 7.40. The van der Waals surface area contributed by atoms with E-state index in [2.05, 4.69) is 21.0 Å². The third kappa shape index (κ3) is 3.70. The average Bonchev–Trinajstić information content (AvgIpc) is 3.43. The average molecular weight is 434 g/mol. The minimum atomic E-state index is -0.329. The highest BCUT2D eigenvalue weighted by Gasteiger charge is 2.27. The number of benzene rings is 2. The molecule has 0 fully saturated rings. The van der Waals surface area contributed by atoms with Crippen molar-refractivity contribution in [2.24, 2.45) is 0 Å². The Morgan fingerprint density at radius 2 is 1.84 bits per heavy atom. The van der Waals surface area contributed by atoms with E-state index in [1.165, 1.54) is 23.5 Å². The maximum atomic E-state index is 13.4. The van der Waals surface area contributed by atoms with Crippen LogP contribution in [0.2, 0.25) is 0 Å². The molecule has 0 aliphatic carbocycles. The number of aromatic nitrogens is 3. The van der Waals surface area contributed by atoms with Gasteiger partial charge in [0.1, 0.15) is 5.82 Å². The Balaban J connectivity index is 1.52. The van der Waals surface area contributed by atoms with Gasteiger partial charge in [0.25, 0.3) is 5.91 Å². The van der Waals surface area contributed by atoms with Gasteiger partial charge in [0.15, 0.2) is 5.82 Å². The van der Waals surface area contributed by atoms with E-state index in [-0.39, 0.29) is 17.5 Å². The Bertz CT molecular complexity index is 1220. The molecule has 1 aliphatic rings. The molecule has 3 heterocycles. The summed E-state index contributed by atoms with van der Waals surface area (Å²) in [6, 6.07) is 18.0. The first-order chi connectivity index (χ1) is 15.1. The van der Waals surface area contributed by atoms with E-state index >= 15 is 0 Å². The number of nitrogens with zero attached hydrogens (tertiary/aromatic N) is 5. The standard InChI is InChI=1S/C23H20FN5OS/c1-27-12-13-28(15-16-5-2-3-6-19(16)27)23(30)21-25-22(20-7-4-14-31-20)29(26-21)18-10-8-17(24)9-11-18/h2-11,14H,12-13,15H2,1H3. The Kier molecular flexibility index (Phi) is 4.99. The van der Waals surface area contributed by atoms with Crippen LogP contribution in [0.4, 0.5) is 10.1 Å². The number of fused-ring (bicyclic) bond motifs is 1. The topological polar surface area (TPSA) is 54.3 Å². The summed E-state index contributed by atoms with van der Waals surface area (Å²) in [6.45, 7) is 1.79. The number of hydrogen-bond donors (Lipinski definition) is 0. The van der Waals surface area contributed by atoms with Crippen molar-refractivity contribution in [3.05, 3.63) is 83.2 Å². The minimum absolute atomic E-state index is 0.134. The first kappa shape index (κ1) is 19.4. The van der Waals surface area contributed by atoms with E-state index in [0.29, 0.717) is 24.6 Å². The summed E-state index contributed by atoms with van der Waals surface area (Å²) in [5.41, 5.74) is 2.87. The zero-order valence-electron chi connectivity index (χ0n) is 16.9. The van der Waals surface area contributed by atoms with Gasteiger partial charge in [-0.25, -0.2) is 14.1 Å². The molecule has 4 aromatic rings. The van der Waals surface area contributed by atoms with Gasteiger partial charge in [-0.05, 0) is 47.3 Å². The zero-order chi connectivity index (χ0) is 21.4. The van der Waals surface area contributed by atoms with Crippen LogP contribution in [0.1, 0.15) is 16.2 Å². The summed E-state index contributed by atoms with van der Waals surface area (Å²) in [4.78, 5) is 22.8. The van der Waals surface area contributed by atoms with Crippen molar-refractivity contribution in [2.45, 2.75) is 6.54 Å². The first-order valence-electron chi connectivity index (χ1n) is 9.95. The minimum Gasteiger partial charge on any atom is -0.373 e. The third-order valence-electron chi connectivity index (χ3n) is 5.37. The van der Waals surface area contributed by atoms with Crippen molar-refractivity contribution in [1.82, 2.24) is 19.7 Å². The van der Waals surface area contributed by atoms with Gasteiger partial charge in [0.2, 0.25) is 5.82 Å². The van der Waals surface area contributed by atoms with Gasteiger partial charge in [-0.15, -0.1) is 16.4 Å². The second kappa shape index (κ2) is 7.96. The fourth-order valence-corrected chi connectivity index (χ4v) is 4.44. The largest absolute Gasteiger partial charge is 0.373 e. The van der Waals surface area contributed by atoms with Crippen molar-refractivity contribution in [1.29, 1.82) is 0 Å². The molecule has 0 saturated carbocycles. The smallest absolute Gasteiger partial charge is 0.293 e. The monoisotopic (exact) mass is 433 g/mol. The lowest BCUT2D eigenvalue weighted by molar-refractivity contribution is 0.0739. The Morgan fingerprint density at radius 3 is 2.61 bits per heavy atom. The molecule has 1 amide bonds. The molecule has 31 heavy (non-hydrogen) atoms. The lowest BCUT2D eigenvalue weighted by atomic mass is 10.1. The van der Waals surface area contributed by atoms with Crippen molar-refractivity contribution in [3.8, 4) is 16.4 Å².